The van der Waals surface area contributed by atoms with Gasteiger partial charge in [0, 0.05) is 13.1 Å². The molecule has 0 unspecified atom stereocenters. The molecule has 0 N–H and O–H groups in total. The molecular formula is C10H19NOS. The minimum atomic E-state index is 0.749. The highest BCUT2D eigenvalue weighted by Crippen LogP contribution is 2.09. The van der Waals surface area contributed by atoms with Crippen LogP contribution in [-0.4, -0.2) is 36.2 Å². The zero-order chi connectivity index (χ0) is 9.68. The van der Waals surface area contributed by atoms with Crippen LogP contribution in [-0.2, 0) is 4.74 Å². The van der Waals surface area contributed by atoms with E-state index in [2.05, 4.69) is 18.7 Å². The van der Waals surface area contributed by atoms with Crippen LogP contribution < -0.4 is 0 Å². The molecule has 1 aliphatic heterocycles. The van der Waals surface area contributed by atoms with Gasteiger partial charge in [-0.1, -0.05) is 26.1 Å². The molecule has 0 aromatic rings. The first-order valence-electron chi connectivity index (χ1n) is 5.05. The highest BCUT2D eigenvalue weighted by molar-refractivity contribution is 7.80. The standard InChI is InChI=1S/C10H19NOS/c1-9(2)3-4-10(13)11-5-7-12-8-6-11/h9H,3-8H2,1-2H3. The summed E-state index contributed by atoms with van der Waals surface area (Å²) in [6, 6.07) is 0. The zero-order valence-electron chi connectivity index (χ0n) is 8.58. The van der Waals surface area contributed by atoms with Crippen molar-refractivity contribution in [3.8, 4) is 0 Å². The third kappa shape index (κ3) is 4.05. The number of nitrogens with zero attached hydrogens (tertiary/aromatic N) is 1. The van der Waals surface area contributed by atoms with Crippen molar-refractivity contribution in [2.45, 2.75) is 26.7 Å². The van der Waals surface area contributed by atoms with Crippen LogP contribution in [0.15, 0.2) is 0 Å². The van der Waals surface area contributed by atoms with Crippen molar-refractivity contribution >= 4 is 17.2 Å². The second-order valence-corrected chi connectivity index (χ2v) is 4.40. The van der Waals surface area contributed by atoms with Crippen molar-refractivity contribution in [2.75, 3.05) is 26.3 Å². The second kappa shape index (κ2) is 5.55. The molecular weight excluding hydrogens is 182 g/mol. The molecule has 0 atom stereocenters. The van der Waals surface area contributed by atoms with Gasteiger partial charge in [0.15, 0.2) is 0 Å². The van der Waals surface area contributed by atoms with Crippen molar-refractivity contribution in [1.29, 1.82) is 0 Å². The number of hydrogen-bond donors (Lipinski definition) is 0. The van der Waals surface area contributed by atoms with Gasteiger partial charge in [-0.15, -0.1) is 0 Å². The van der Waals surface area contributed by atoms with Crippen LogP contribution in [0.4, 0.5) is 0 Å². The summed E-state index contributed by atoms with van der Waals surface area (Å²) in [6.45, 7) is 8.11. The van der Waals surface area contributed by atoms with Gasteiger partial charge < -0.3 is 9.64 Å². The van der Waals surface area contributed by atoms with Crippen LogP contribution >= 0.6 is 12.2 Å². The SMILES string of the molecule is CC(C)CCC(=S)N1CCOCC1. The van der Waals surface area contributed by atoms with E-state index in [1.54, 1.807) is 0 Å². The maximum absolute atomic E-state index is 5.36. The van der Waals surface area contributed by atoms with Gasteiger partial charge >= 0.3 is 0 Å². The molecule has 1 fully saturated rings. The van der Waals surface area contributed by atoms with Gasteiger partial charge in [-0.25, -0.2) is 0 Å². The molecule has 0 aromatic carbocycles. The number of ether oxygens (including phenoxy) is 1. The van der Waals surface area contributed by atoms with Crippen molar-refractivity contribution in [3.63, 3.8) is 0 Å². The molecule has 0 aromatic heterocycles. The minimum Gasteiger partial charge on any atom is -0.378 e. The maximum atomic E-state index is 5.36. The molecule has 1 aliphatic rings. The Hall–Kier alpha value is -0.150. The first kappa shape index (κ1) is 10.9. The predicted molar refractivity (Wildman–Crippen MR) is 59.1 cm³/mol. The van der Waals surface area contributed by atoms with E-state index in [1.165, 1.54) is 6.42 Å². The summed E-state index contributed by atoms with van der Waals surface area (Å²) in [5.41, 5.74) is 0. The molecule has 1 rings (SSSR count). The lowest BCUT2D eigenvalue weighted by molar-refractivity contribution is 0.0681. The van der Waals surface area contributed by atoms with Crippen molar-refractivity contribution in [1.82, 2.24) is 4.90 Å². The second-order valence-electron chi connectivity index (χ2n) is 3.93. The van der Waals surface area contributed by atoms with Crippen LogP contribution in [0.3, 0.4) is 0 Å². The Kier molecular flexibility index (Phi) is 4.67. The third-order valence-electron chi connectivity index (χ3n) is 2.30. The molecule has 0 saturated carbocycles. The van der Waals surface area contributed by atoms with E-state index < -0.39 is 0 Å². The quantitative estimate of drug-likeness (QED) is 0.649. The van der Waals surface area contributed by atoms with Gasteiger partial charge in [0.1, 0.15) is 0 Å². The molecule has 3 heteroatoms. The Balaban J connectivity index is 2.21. The largest absolute Gasteiger partial charge is 0.378 e. The van der Waals surface area contributed by atoms with Crippen LogP contribution in [0.2, 0.25) is 0 Å². The fraction of sp³-hybridized carbons (Fsp3) is 0.900. The van der Waals surface area contributed by atoms with Crippen LogP contribution in [0.1, 0.15) is 26.7 Å². The molecule has 13 heavy (non-hydrogen) atoms. The summed E-state index contributed by atoms with van der Waals surface area (Å²) in [5, 5.41) is 0. The van der Waals surface area contributed by atoms with Gasteiger partial charge in [-0.3, -0.25) is 0 Å². The van der Waals surface area contributed by atoms with Gasteiger partial charge in [0.05, 0.1) is 18.2 Å². The normalized spacial score (nSPS) is 17.9. The molecule has 0 bridgehead atoms. The van der Waals surface area contributed by atoms with E-state index in [9.17, 15) is 0 Å². The molecule has 2 nitrogen and oxygen atoms in total. The Bertz CT molecular complexity index is 164. The molecule has 0 aliphatic carbocycles. The van der Waals surface area contributed by atoms with E-state index in [0.29, 0.717) is 0 Å². The molecule has 0 amide bonds. The summed E-state index contributed by atoms with van der Waals surface area (Å²) in [4.78, 5) is 3.40. The smallest absolute Gasteiger partial charge is 0.0780 e. The topological polar surface area (TPSA) is 12.5 Å². The zero-order valence-corrected chi connectivity index (χ0v) is 9.40. The fourth-order valence-electron chi connectivity index (χ4n) is 1.38. The predicted octanol–water partition coefficient (Wildman–Crippen LogP) is 2.08. The number of thiocarbonyl (C=S) groups is 1. The first-order valence-corrected chi connectivity index (χ1v) is 5.46. The molecule has 1 saturated heterocycles. The van der Waals surface area contributed by atoms with Crippen LogP contribution in [0.25, 0.3) is 0 Å². The Morgan fingerprint density at radius 2 is 2.00 bits per heavy atom. The van der Waals surface area contributed by atoms with E-state index in [0.717, 1.165) is 43.6 Å². The highest BCUT2D eigenvalue weighted by atomic mass is 32.1. The number of rotatable bonds is 3. The molecule has 0 radical (unpaired) electrons. The highest BCUT2D eigenvalue weighted by Gasteiger charge is 2.13. The van der Waals surface area contributed by atoms with Gasteiger partial charge in [0.25, 0.3) is 0 Å². The summed E-state index contributed by atoms with van der Waals surface area (Å²) in [6.07, 6.45) is 2.27. The van der Waals surface area contributed by atoms with E-state index in [1.807, 2.05) is 0 Å². The Morgan fingerprint density at radius 1 is 1.38 bits per heavy atom. The molecule has 0 spiro atoms. The number of hydrogen-bond acceptors (Lipinski definition) is 2. The monoisotopic (exact) mass is 201 g/mol. The fourth-order valence-corrected chi connectivity index (χ4v) is 1.68. The molecule has 76 valence electrons. The van der Waals surface area contributed by atoms with Crippen molar-refractivity contribution < 1.29 is 4.74 Å². The summed E-state index contributed by atoms with van der Waals surface area (Å²) in [7, 11) is 0. The summed E-state index contributed by atoms with van der Waals surface area (Å²) < 4.78 is 5.27. The van der Waals surface area contributed by atoms with Gasteiger partial charge in [-0.05, 0) is 18.8 Å². The number of morpholine rings is 1. The Morgan fingerprint density at radius 3 is 2.54 bits per heavy atom. The minimum absolute atomic E-state index is 0.749. The van der Waals surface area contributed by atoms with E-state index in [-0.39, 0.29) is 0 Å². The molecule has 1 heterocycles. The van der Waals surface area contributed by atoms with E-state index in [4.69, 9.17) is 17.0 Å². The first-order chi connectivity index (χ1) is 6.20. The lowest BCUT2D eigenvalue weighted by Crippen LogP contribution is -2.39. The van der Waals surface area contributed by atoms with Crippen LogP contribution in [0.5, 0.6) is 0 Å². The Labute approximate surface area is 86.3 Å². The average molecular weight is 201 g/mol. The third-order valence-corrected chi connectivity index (χ3v) is 2.76. The summed E-state index contributed by atoms with van der Waals surface area (Å²) >= 11 is 5.36. The van der Waals surface area contributed by atoms with Crippen molar-refractivity contribution in [3.05, 3.63) is 0 Å². The van der Waals surface area contributed by atoms with Gasteiger partial charge in [-0.2, -0.15) is 0 Å². The average Bonchev–Trinajstić information content (AvgIpc) is 2.15. The lowest BCUT2D eigenvalue weighted by Gasteiger charge is -2.29. The van der Waals surface area contributed by atoms with Crippen LogP contribution in [0, 0.1) is 5.92 Å². The van der Waals surface area contributed by atoms with Gasteiger partial charge in [0.2, 0.25) is 0 Å². The van der Waals surface area contributed by atoms with Crippen molar-refractivity contribution in [2.24, 2.45) is 5.92 Å². The maximum Gasteiger partial charge on any atom is 0.0780 e. The lowest BCUT2D eigenvalue weighted by atomic mass is 10.1. The summed E-state index contributed by atoms with van der Waals surface area (Å²) in [5.74, 6) is 0.749. The van der Waals surface area contributed by atoms with E-state index >= 15 is 0 Å².